The molecule has 0 radical (unpaired) electrons. The minimum atomic E-state index is -1.60. The Hall–Kier alpha value is -3.71. The number of aromatic hydroxyl groups is 1. The Balaban J connectivity index is 1.68. The molecule has 0 saturated carbocycles. The highest BCUT2D eigenvalue weighted by atomic mass is 127. The summed E-state index contributed by atoms with van der Waals surface area (Å²) in [5.41, 5.74) is 11.6. The van der Waals surface area contributed by atoms with E-state index in [1.54, 1.807) is 12.1 Å². The van der Waals surface area contributed by atoms with Gasteiger partial charge in [0.25, 0.3) is 0 Å². The number of aliphatic hydroxyl groups is 1. The van der Waals surface area contributed by atoms with Gasteiger partial charge in [0.1, 0.15) is 36.0 Å². The number of nitrogens with zero attached hydrogens (tertiary/aromatic N) is 2. The maximum atomic E-state index is 13.6. The molecule has 51 heavy (non-hydrogen) atoms. The zero-order chi connectivity index (χ0) is 37.8. The van der Waals surface area contributed by atoms with Crippen LogP contribution in [0.5, 0.6) is 5.75 Å². The fourth-order valence-electron chi connectivity index (χ4n) is 5.22. The van der Waals surface area contributed by atoms with E-state index < -0.39 is 78.7 Å². The van der Waals surface area contributed by atoms with Gasteiger partial charge in [0, 0.05) is 37.0 Å². The molecule has 278 valence electrons. The number of likely N-dealkylation sites (tertiary alicyclic amines) is 1. The molecule has 1 aliphatic heterocycles. The summed E-state index contributed by atoms with van der Waals surface area (Å²) in [6, 6.07) is -2.99. The number of rotatable bonds is 18. The van der Waals surface area contributed by atoms with E-state index in [2.05, 4.69) is 43.9 Å². The van der Waals surface area contributed by atoms with Crippen molar-refractivity contribution in [3.63, 3.8) is 0 Å². The van der Waals surface area contributed by atoms with Gasteiger partial charge in [0.2, 0.25) is 41.4 Å². The molecule has 11 N–H and O–H groups in total. The zero-order valence-corrected chi connectivity index (χ0v) is 32.3. The number of aromatic nitrogens is 2. The van der Waals surface area contributed by atoms with Gasteiger partial charge in [-0.3, -0.25) is 33.6 Å². The predicted octanol–water partition coefficient (Wildman–Crippen LogP) is -2.29. The van der Waals surface area contributed by atoms with E-state index in [0.29, 0.717) is 38.6 Å². The molecule has 7 amide bonds. The van der Waals surface area contributed by atoms with Crippen LogP contribution in [0.4, 0.5) is 0 Å². The topological polar surface area (TPSA) is 292 Å². The van der Waals surface area contributed by atoms with E-state index in [1.165, 1.54) is 17.4 Å². The van der Waals surface area contributed by atoms with Gasteiger partial charge < -0.3 is 52.8 Å². The summed E-state index contributed by atoms with van der Waals surface area (Å²) in [5.74, 6) is -5.70. The van der Waals surface area contributed by atoms with Crippen molar-refractivity contribution in [3.8, 4) is 5.75 Å². The van der Waals surface area contributed by atoms with Gasteiger partial charge in [0.15, 0.2) is 0 Å². The maximum absolute atomic E-state index is 13.6. The third kappa shape index (κ3) is 12.2. The average Bonchev–Trinajstić information content (AvgIpc) is 3.79. The van der Waals surface area contributed by atoms with Crippen LogP contribution in [0, 0.1) is 7.14 Å². The molecule has 1 aromatic carbocycles. The number of aryl methyl sites for hydroxylation is 1. The monoisotopic (exact) mass is 955 g/mol. The molecular weight excluding hydrogens is 916 g/mol. The van der Waals surface area contributed by atoms with Crippen molar-refractivity contribution in [1.29, 1.82) is 0 Å². The fraction of sp³-hybridized carbons (Fsp3) is 0.467. The normalized spacial score (nSPS) is 16.3. The highest BCUT2D eigenvalue weighted by Crippen LogP contribution is 2.28. The number of nitrogens with two attached hydrogens (primary N) is 2. The second kappa shape index (κ2) is 19.8. The van der Waals surface area contributed by atoms with Crippen LogP contribution in [0.2, 0.25) is 0 Å². The Morgan fingerprint density at radius 2 is 1.57 bits per heavy atom. The largest absolute Gasteiger partial charge is 0.506 e. The van der Waals surface area contributed by atoms with E-state index in [4.69, 9.17) is 11.5 Å². The Labute approximate surface area is 325 Å². The van der Waals surface area contributed by atoms with Crippen LogP contribution < -0.4 is 32.7 Å². The van der Waals surface area contributed by atoms with Crippen LogP contribution in [-0.2, 0) is 46.4 Å². The molecule has 1 aliphatic rings. The number of halogens is 2. The number of thiol groups is 1. The maximum Gasteiger partial charge on any atom is 0.245 e. The summed E-state index contributed by atoms with van der Waals surface area (Å²) >= 11 is 8.07. The Kier molecular flexibility index (Phi) is 16.2. The molecule has 0 unspecified atom stereocenters. The van der Waals surface area contributed by atoms with Crippen molar-refractivity contribution in [2.24, 2.45) is 11.5 Å². The zero-order valence-electron chi connectivity index (χ0n) is 27.1. The van der Waals surface area contributed by atoms with Crippen molar-refractivity contribution >= 4 is 99.2 Å². The van der Waals surface area contributed by atoms with E-state index in [-0.39, 0.29) is 30.3 Å². The number of nitrogens with one attached hydrogen (secondary N) is 5. The van der Waals surface area contributed by atoms with E-state index in [0.717, 1.165) is 5.56 Å². The Morgan fingerprint density at radius 3 is 2.14 bits per heavy atom. The Morgan fingerprint density at radius 1 is 0.961 bits per heavy atom. The Bertz CT molecular complexity index is 1590. The number of benzene rings is 1. The average molecular weight is 956 g/mol. The summed E-state index contributed by atoms with van der Waals surface area (Å²) in [6.45, 7) is -0.562. The number of H-pyrrole nitrogens is 1. The van der Waals surface area contributed by atoms with Crippen LogP contribution in [0.15, 0.2) is 24.7 Å². The second-order valence-corrected chi connectivity index (χ2v) is 14.3. The summed E-state index contributed by atoms with van der Waals surface area (Å²) in [5, 5.41) is 29.6. The molecule has 0 spiro atoms. The molecule has 1 saturated heterocycles. The first-order chi connectivity index (χ1) is 24.1. The number of carbonyl (C=O) groups is 7. The van der Waals surface area contributed by atoms with E-state index >= 15 is 0 Å². The lowest BCUT2D eigenvalue weighted by atomic mass is 10.1. The molecule has 5 atom stereocenters. The molecule has 2 aromatic rings. The third-order valence-electron chi connectivity index (χ3n) is 7.89. The van der Waals surface area contributed by atoms with Gasteiger partial charge in [0.05, 0.1) is 26.5 Å². The molecule has 3 rings (SSSR count). The van der Waals surface area contributed by atoms with Gasteiger partial charge in [-0.15, -0.1) is 0 Å². The van der Waals surface area contributed by atoms with E-state index in [9.17, 15) is 43.8 Å². The minimum absolute atomic E-state index is 0.0911. The van der Waals surface area contributed by atoms with Crippen molar-refractivity contribution in [3.05, 3.63) is 43.1 Å². The van der Waals surface area contributed by atoms with Gasteiger partial charge in [-0.25, -0.2) is 4.98 Å². The number of primary amides is 2. The van der Waals surface area contributed by atoms with Crippen LogP contribution in [0.3, 0.4) is 0 Å². The highest BCUT2D eigenvalue weighted by Gasteiger charge is 2.37. The lowest BCUT2D eigenvalue weighted by Gasteiger charge is -2.27. The van der Waals surface area contributed by atoms with E-state index in [1.807, 2.05) is 45.2 Å². The molecule has 1 fully saturated rings. The third-order valence-corrected chi connectivity index (χ3v) is 9.90. The molecule has 1 aromatic heterocycles. The first-order valence-electron chi connectivity index (χ1n) is 15.6. The lowest BCUT2D eigenvalue weighted by molar-refractivity contribution is -0.139. The van der Waals surface area contributed by atoms with Crippen LogP contribution in [0.1, 0.15) is 36.9 Å². The predicted molar refractivity (Wildman–Crippen MR) is 201 cm³/mol. The van der Waals surface area contributed by atoms with Gasteiger partial charge in [-0.1, -0.05) is 0 Å². The number of phenolic OH excluding ortho intramolecular Hbond substituents is 1. The fourth-order valence-corrected chi connectivity index (χ4v) is 7.37. The van der Waals surface area contributed by atoms with Gasteiger partial charge in [-0.2, -0.15) is 12.6 Å². The number of amides is 7. The molecular formula is C30H39I2N9O9S. The van der Waals surface area contributed by atoms with Crippen molar-refractivity contribution in [2.75, 3.05) is 18.9 Å². The number of aliphatic hydroxyl groups excluding tert-OH is 1. The standard InChI is InChI=1S/C30H39I2N9O9S/c31-16-6-14(7-17(32)25(16)45)3-4-24(44)41-5-1-2-22(41)30(50)38-19(8-15-10-35-13-36-15)27(47)39-20(11-42)28(48)40-21(12-51)29(49)37-18(26(34)46)9-23(33)43/h6-7,10,13,18-22,42,45,51H,1-5,8-9,11-12H2,(H2,33,43)(H2,34,46)(H,35,36)(H,37,49)(H,38,50)(H,39,47)(H,40,48)/t18-,19-,20-,21-,22-/m0/s1. The molecule has 0 aliphatic carbocycles. The number of imidazole rings is 1. The van der Waals surface area contributed by atoms with Crippen LogP contribution in [-0.4, -0.2) is 116 Å². The van der Waals surface area contributed by atoms with Gasteiger partial charge >= 0.3 is 0 Å². The first kappa shape index (κ1) is 41.7. The minimum Gasteiger partial charge on any atom is -0.506 e. The SMILES string of the molecule is NC(=O)C[C@H](NC(=O)[C@H](CS)NC(=O)[C@H](CO)NC(=O)[C@H](Cc1cnc[nH]1)NC(=O)[C@@H]1CCCN1C(=O)CCc1cc(I)c(O)c(I)c1)C(N)=O. The highest BCUT2D eigenvalue weighted by molar-refractivity contribution is 14.1. The van der Waals surface area contributed by atoms with Crippen LogP contribution in [0.25, 0.3) is 0 Å². The molecule has 18 nitrogen and oxygen atoms in total. The molecule has 0 bridgehead atoms. The summed E-state index contributed by atoms with van der Waals surface area (Å²) in [4.78, 5) is 97.2. The second-order valence-electron chi connectivity index (χ2n) is 11.6. The van der Waals surface area contributed by atoms with Crippen molar-refractivity contribution in [1.82, 2.24) is 36.1 Å². The number of hydrogen-bond donors (Lipinski definition) is 10. The number of phenols is 1. The lowest BCUT2D eigenvalue weighted by Crippen LogP contribution is -2.60. The quantitative estimate of drug-likeness (QED) is 0.0564. The number of aromatic amines is 1. The van der Waals surface area contributed by atoms with Crippen molar-refractivity contribution in [2.45, 2.75) is 68.7 Å². The van der Waals surface area contributed by atoms with Crippen LogP contribution >= 0.6 is 57.8 Å². The number of hydrogen-bond acceptors (Lipinski definition) is 11. The molecule has 2 heterocycles. The van der Waals surface area contributed by atoms with Gasteiger partial charge in [-0.05, 0) is 82.1 Å². The first-order valence-corrected chi connectivity index (χ1v) is 18.4. The smallest absolute Gasteiger partial charge is 0.245 e. The summed E-state index contributed by atoms with van der Waals surface area (Å²) in [6.07, 6.45) is 3.56. The molecule has 21 heteroatoms. The summed E-state index contributed by atoms with van der Waals surface area (Å²) in [7, 11) is 0. The number of carbonyl (C=O) groups excluding carboxylic acids is 7. The summed E-state index contributed by atoms with van der Waals surface area (Å²) < 4.78 is 1.32. The van der Waals surface area contributed by atoms with Crippen molar-refractivity contribution < 1.29 is 43.8 Å².